The molecule has 2 aromatic carbocycles. The normalized spacial score (nSPS) is 19.1. The maximum Gasteiger partial charge on any atom is 0.311 e. The van der Waals surface area contributed by atoms with Crippen LogP contribution in [-0.4, -0.2) is 5.97 Å². The molecule has 30 heavy (non-hydrogen) atoms. The zero-order valence-electron chi connectivity index (χ0n) is 19.1. The van der Waals surface area contributed by atoms with Crippen LogP contribution in [0.15, 0.2) is 36.4 Å². The summed E-state index contributed by atoms with van der Waals surface area (Å²) in [6.07, 6.45) is 16.3. The van der Waals surface area contributed by atoms with E-state index in [-0.39, 0.29) is 5.97 Å². The summed E-state index contributed by atoms with van der Waals surface area (Å²) < 4.78 is 5.50. The first-order valence-corrected chi connectivity index (χ1v) is 12.4. The van der Waals surface area contributed by atoms with Gasteiger partial charge in [-0.25, -0.2) is 0 Å². The first-order chi connectivity index (χ1) is 14.7. The Balaban J connectivity index is 1.51. The molecule has 1 fully saturated rings. The van der Waals surface area contributed by atoms with Gasteiger partial charge in [-0.3, -0.25) is 4.79 Å². The molecular formula is C28H40O2. The second-order valence-corrected chi connectivity index (χ2v) is 9.27. The quantitative estimate of drug-likeness (QED) is 0.211. The van der Waals surface area contributed by atoms with Gasteiger partial charge in [-0.2, -0.15) is 0 Å². The Morgan fingerprint density at radius 3 is 2.30 bits per heavy atom. The fourth-order valence-corrected chi connectivity index (χ4v) is 4.88. The molecule has 0 amide bonds. The van der Waals surface area contributed by atoms with Crippen molar-refractivity contribution in [3.8, 4) is 5.75 Å². The van der Waals surface area contributed by atoms with E-state index in [0.717, 1.165) is 24.1 Å². The summed E-state index contributed by atoms with van der Waals surface area (Å²) in [7, 11) is 0. The lowest BCUT2D eigenvalue weighted by molar-refractivity contribution is -0.134. The number of esters is 1. The Morgan fingerprint density at radius 2 is 1.53 bits per heavy atom. The Morgan fingerprint density at radius 1 is 0.833 bits per heavy atom. The molecule has 0 atom stereocenters. The van der Waals surface area contributed by atoms with Crippen LogP contribution in [-0.2, 0) is 4.79 Å². The van der Waals surface area contributed by atoms with Gasteiger partial charge in [0, 0.05) is 6.42 Å². The van der Waals surface area contributed by atoms with E-state index in [1.165, 1.54) is 75.2 Å². The average molecular weight is 409 g/mol. The molecule has 0 spiro atoms. The lowest BCUT2D eigenvalue weighted by Crippen LogP contribution is -2.13. The van der Waals surface area contributed by atoms with Crippen molar-refractivity contribution in [3.05, 3.63) is 42.0 Å². The van der Waals surface area contributed by atoms with Crippen molar-refractivity contribution in [2.75, 3.05) is 0 Å². The summed E-state index contributed by atoms with van der Waals surface area (Å²) in [5.74, 6) is 2.19. The van der Waals surface area contributed by atoms with E-state index < -0.39 is 0 Å². The third kappa shape index (κ3) is 6.86. The monoisotopic (exact) mass is 408 g/mol. The molecule has 1 aliphatic carbocycles. The molecule has 0 bridgehead atoms. The summed E-state index contributed by atoms with van der Waals surface area (Å²) in [5.41, 5.74) is 1.48. The van der Waals surface area contributed by atoms with E-state index in [1.54, 1.807) is 0 Å². The van der Waals surface area contributed by atoms with E-state index in [4.69, 9.17) is 4.74 Å². The lowest BCUT2D eigenvalue weighted by atomic mass is 9.77. The highest BCUT2D eigenvalue weighted by atomic mass is 16.5. The summed E-state index contributed by atoms with van der Waals surface area (Å²) in [6, 6.07) is 12.9. The van der Waals surface area contributed by atoms with Crippen LogP contribution >= 0.6 is 0 Å². The zero-order valence-corrected chi connectivity index (χ0v) is 19.1. The highest BCUT2D eigenvalue weighted by Gasteiger charge is 2.22. The molecular weight excluding hydrogens is 368 g/mol. The van der Waals surface area contributed by atoms with Crippen LogP contribution in [0.5, 0.6) is 5.75 Å². The number of unbranched alkanes of at least 4 members (excludes halogenated alkanes) is 5. The molecule has 2 heteroatoms. The van der Waals surface area contributed by atoms with Crippen molar-refractivity contribution in [1.29, 1.82) is 0 Å². The molecule has 0 aliphatic heterocycles. The van der Waals surface area contributed by atoms with Crippen LogP contribution in [0.2, 0.25) is 0 Å². The van der Waals surface area contributed by atoms with Gasteiger partial charge in [-0.05, 0) is 72.4 Å². The second kappa shape index (κ2) is 12.1. The van der Waals surface area contributed by atoms with Gasteiger partial charge in [0.1, 0.15) is 5.75 Å². The first kappa shape index (κ1) is 22.8. The maximum absolute atomic E-state index is 11.9. The Labute approximate surface area is 183 Å². The molecule has 164 valence electrons. The van der Waals surface area contributed by atoms with E-state index in [2.05, 4.69) is 38.1 Å². The number of carbonyl (C=O) groups is 1. The molecule has 3 rings (SSSR count). The number of ether oxygens (including phenoxy) is 1. The van der Waals surface area contributed by atoms with Crippen molar-refractivity contribution < 1.29 is 9.53 Å². The minimum Gasteiger partial charge on any atom is -0.427 e. The molecule has 2 nitrogen and oxygen atoms in total. The van der Waals surface area contributed by atoms with Crippen LogP contribution < -0.4 is 4.74 Å². The Hall–Kier alpha value is -1.83. The minimum atomic E-state index is -0.130. The van der Waals surface area contributed by atoms with Crippen molar-refractivity contribution in [2.45, 2.75) is 103 Å². The minimum absolute atomic E-state index is 0.130. The van der Waals surface area contributed by atoms with Crippen molar-refractivity contribution >= 4 is 16.7 Å². The van der Waals surface area contributed by atoms with Gasteiger partial charge in [0.2, 0.25) is 0 Å². The van der Waals surface area contributed by atoms with Gasteiger partial charge in [-0.15, -0.1) is 0 Å². The second-order valence-electron chi connectivity index (χ2n) is 9.27. The van der Waals surface area contributed by atoms with E-state index >= 15 is 0 Å². The predicted molar refractivity (Wildman–Crippen MR) is 127 cm³/mol. The van der Waals surface area contributed by atoms with E-state index in [1.807, 2.05) is 12.1 Å². The Bertz CT molecular complexity index is 786. The topological polar surface area (TPSA) is 26.3 Å². The van der Waals surface area contributed by atoms with Gasteiger partial charge >= 0.3 is 5.97 Å². The smallest absolute Gasteiger partial charge is 0.311 e. The van der Waals surface area contributed by atoms with Gasteiger partial charge in [0.25, 0.3) is 0 Å². The van der Waals surface area contributed by atoms with E-state index in [0.29, 0.717) is 18.1 Å². The largest absolute Gasteiger partial charge is 0.427 e. The van der Waals surface area contributed by atoms with Gasteiger partial charge < -0.3 is 4.74 Å². The maximum atomic E-state index is 11.9. The summed E-state index contributed by atoms with van der Waals surface area (Å²) >= 11 is 0. The molecule has 0 unspecified atom stereocenters. The number of benzene rings is 2. The molecule has 1 aliphatic rings. The fourth-order valence-electron chi connectivity index (χ4n) is 4.88. The first-order valence-electron chi connectivity index (χ1n) is 12.4. The van der Waals surface area contributed by atoms with Gasteiger partial charge in [0.15, 0.2) is 0 Å². The number of hydrogen-bond donors (Lipinski definition) is 0. The van der Waals surface area contributed by atoms with Crippen molar-refractivity contribution in [1.82, 2.24) is 0 Å². The molecule has 0 heterocycles. The highest BCUT2D eigenvalue weighted by molar-refractivity contribution is 5.85. The standard InChI is InChI=1S/C28H40O2/c1-3-5-7-8-9-10-22-12-14-23(15-13-22)24-16-17-26-21-27(19-18-25(26)20-24)30-28(29)11-6-4-2/h16-23H,3-15H2,1-2H3. The summed E-state index contributed by atoms with van der Waals surface area (Å²) in [5, 5.41) is 2.40. The SMILES string of the molecule is CCCCCCCC1CCC(c2ccc3cc(OC(=O)CCCC)ccc3c2)CC1. The zero-order chi connectivity index (χ0) is 21.2. The lowest BCUT2D eigenvalue weighted by Gasteiger charge is -2.29. The molecule has 0 aromatic heterocycles. The predicted octanol–water partition coefficient (Wildman–Crippen LogP) is 8.57. The number of rotatable bonds is 11. The van der Waals surface area contributed by atoms with Crippen LogP contribution in [0.3, 0.4) is 0 Å². The summed E-state index contributed by atoms with van der Waals surface area (Å²) in [6.45, 7) is 4.37. The van der Waals surface area contributed by atoms with Gasteiger partial charge in [-0.1, -0.05) is 83.1 Å². The highest BCUT2D eigenvalue weighted by Crippen LogP contribution is 2.38. The van der Waals surface area contributed by atoms with Crippen molar-refractivity contribution in [2.24, 2.45) is 5.92 Å². The number of hydrogen-bond acceptors (Lipinski definition) is 2. The average Bonchev–Trinajstić information content (AvgIpc) is 2.77. The molecule has 0 radical (unpaired) electrons. The Kier molecular flexibility index (Phi) is 9.24. The summed E-state index contributed by atoms with van der Waals surface area (Å²) in [4.78, 5) is 11.9. The number of fused-ring (bicyclic) bond motifs is 1. The van der Waals surface area contributed by atoms with E-state index in [9.17, 15) is 4.79 Å². The molecule has 0 N–H and O–H groups in total. The number of carbonyl (C=O) groups excluding carboxylic acids is 1. The third-order valence-corrected chi connectivity index (χ3v) is 6.84. The third-order valence-electron chi connectivity index (χ3n) is 6.84. The van der Waals surface area contributed by atoms with Crippen LogP contribution in [0, 0.1) is 5.92 Å². The fraction of sp³-hybridized carbons (Fsp3) is 0.607. The van der Waals surface area contributed by atoms with Crippen molar-refractivity contribution in [3.63, 3.8) is 0 Å². The van der Waals surface area contributed by atoms with Crippen LogP contribution in [0.4, 0.5) is 0 Å². The van der Waals surface area contributed by atoms with Gasteiger partial charge in [0.05, 0.1) is 0 Å². The molecule has 2 aromatic rings. The van der Waals surface area contributed by atoms with Crippen LogP contribution in [0.1, 0.15) is 109 Å². The molecule has 1 saturated carbocycles. The van der Waals surface area contributed by atoms with Crippen LogP contribution in [0.25, 0.3) is 10.8 Å². The molecule has 0 saturated heterocycles.